The molecule has 0 aliphatic rings. The van der Waals surface area contributed by atoms with Crippen molar-refractivity contribution in [1.82, 2.24) is 15.0 Å². The van der Waals surface area contributed by atoms with Gasteiger partial charge >= 0.3 is 0 Å². The monoisotopic (exact) mass is 2050 g/mol. The number of nitrogens with zero attached hydrogens (tertiary/aromatic N) is 3. The quantitative estimate of drug-likeness (QED) is 0.0361. The summed E-state index contributed by atoms with van der Waals surface area (Å²) in [5, 5.41) is 41.8. The third-order valence-electron chi connectivity index (χ3n) is 18.2. The third kappa shape index (κ3) is 27.8. The average Bonchev–Trinajstić information content (AvgIpc) is 0.752. The van der Waals surface area contributed by atoms with Crippen molar-refractivity contribution in [3.05, 3.63) is 295 Å². The SMILES string of the molecule is CC(=O)C=C(C)O.CC(C)(C)C(=O)C=C(O)C(C)(C)C.CC(C)(C)c1c2ccccc2cc2cnc(Oc3[c-]cccc3)cc12.CCC(CC)C(=O)C=C(O)C(CC)CC.Cc1[c-]c(Oc2cc3cc4ccccc4cc3cn2)cc(C)c1.[Ir].[Ir].[Ir].[c-]1ccccc1Oc1ncc2cc3ccccc3cc2c1-c1ccccc1. The molecule has 0 amide bonds. The number of hydrogen-bond donors (Lipinski definition) is 3. The summed E-state index contributed by atoms with van der Waals surface area (Å²) in [4.78, 5) is 46.8. The zero-order chi connectivity index (χ0) is 79.9. The molecule has 595 valence electrons. The van der Waals surface area contributed by atoms with Gasteiger partial charge in [-0.25, -0.2) is 15.0 Å². The van der Waals surface area contributed by atoms with Crippen molar-refractivity contribution >= 4 is 82.0 Å². The normalized spacial score (nSPS) is 11.5. The van der Waals surface area contributed by atoms with Gasteiger partial charge in [-0.15, -0.1) is 36.4 Å². The van der Waals surface area contributed by atoms with E-state index < -0.39 is 5.41 Å². The van der Waals surface area contributed by atoms with Crippen LogP contribution in [-0.2, 0) is 80.1 Å². The number of benzene rings is 10. The summed E-state index contributed by atoms with van der Waals surface area (Å²) in [7, 11) is 0. The number of aliphatic hydroxyl groups is 3. The zero-order valence-electron chi connectivity index (χ0n) is 67.7. The largest absolute Gasteiger partial charge is 0.512 e. The van der Waals surface area contributed by atoms with Crippen LogP contribution in [-0.4, -0.2) is 47.6 Å². The minimum absolute atomic E-state index is 0. The van der Waals surface area contributed by atoms with Crippen molar-refractivity contribution in [1.29, 1.82) is 0 Å². The van der Waals surface area contributed by atoms with Gasteiger partial charge in [0.25, 0.3) is 0 Å². The van der Waals surface area contributed by atoms with Gasteiger partial charge in [0.2, 0.25) is 17.6 Å². The molecule has 0 saturated heterocycles. The predicted molar refractivity (Wildman–Crippen MR) is 453 cm³/mol. The maximum absolute atomic E-state index is 11.7. The second-order valence-electron chi connectivity index (χ2n) is 30.4. The van der Waals surface area contributed by atoms with Crippen molar-refractivity contribution in [3.8, 4) is 46.0 Å². The van der Waals surface area contributed by atoms with Crippen molar-refractivity contribution in [2.75, 3.05) is 0 Å². The van der Waals surface area contributed by atoms with E-state index in [0.29, 0.717) is 34.9 Å². The molecular weight excluding hydrogens is 1940 g/mol. The molecule has 3 heterocycles. The van der Waals surface area contributed by atoms with Crippen LogP contribution >= 0.6 is 0 Å². The van der Waals surface area contributed by atoms with Crippen LogP contribution in [0, 0.1) is 54.7 Å². The topological polar surface area (TPSA) is 178 Å². The summed E-state index contributed by atoms with van der Waals surface area (Å²) in [5.41, 5.74) is 4.86. The number of pyridine rings is 3. The van der Waals surface area contributed by atoms with Gasteiger partial charge in [-0.05, 0) is 135 Å². The molecule has 0 unspecified atom stereocenters. The minimum atomic E-state index is -0.417. The average molecular weight is 2040 g/mol. The van der Waals surface area contributed by atoms with Gasteiger partial charge < -0.3 is 29.5 Å². The number of carbonyl (C=O) groups is 3. The number of allylic oxidation sites excluding steroid dienone is 6. The second-order valence-corrected chi connectivity index (χ2v) is 30.4. The van der Waals surface area contributed by atoms with Gasteiger partial charge in [-0.3, -0.25) is 14.4 Å². The Labute approximate surface area is 708 Å². The number of ether oxygens (including phenoxy) is 3. The van der Waals surface area contributed by atoms with Crippen molar-refractivity contribution in [2.45, 2.75) is 149 Å². The van der Waals surface area contributed by atoms with Gasteiger partial charge in [0.15, 0.2) is 17.3 Å². The van der Waals surface area contributed by atoms with Crippen LogP contribution in [0.2, 0.25) is 0 Å². The number of carbonyl (C=O) groups excluding carboxylic acids is 3. The molecule has 113 heavy (non-hydrogen) atoms. The Morgan fingerprint density at radius 1 is 0.442 bits per heavy atom. The van der Waals surface area contributed by atoms with E-state index in [-0.39, 0.29) is 118 Å². The van der Waals surface area contributed by atoms with E-state index in [0.717, 1.165) is 74.9 Å². The fourth-order valence-corrected chi connectivity index (χ4v) is 12.3. The summed E-state index contributed by atoms with van der Waals surface area (Å²) in [6.45, 7) is 32.8. The molecule has 0 aliphatic heterocycles. The minimum Gasteiger partial charge on any atom is -0.512 e. The van der Waals surface area contributed by atoms with Crippen molar-refractivity contribution < 1.29 is 104 Å². The number of aromatic nitrogens is 3. The molecule has 0 atom stereocenters. The van der Waals surface area contributed by atoms with Crippen LogP contribution in [0.5, 0.6) is 34.9 Å². The van der Waals surface area contributed by atoms with Crippen LogP contribution < -0.4 is 14.2 Å². The van der Waals surface area contributed by atoms with Crippen LogP contribution in [0.3, 0.4) is 0 Å². The van der Waals surface area contributed by atoms with E-state index in [4.69, 9.17) is 19.3 Å². The van der Waals surface area contributed by atoms with Gasteiger partial charge in [-0.1, -0.05) is 207 Å². The van der Waals surface area contributed by atoms with E-state index >= 15 is 0 Å². The van der Waals surface area contributed by atoms with E-state index in [1.165, 1.54) is 75.3 Å². The molecule has 0 spiro atoms. The number of rotatable bonds is 16. The Balaban J connectivity index is 0.000000251. The zero-order valence-corrected chi connectivity index (χ0v) is 74.9. The maximum atomic E-state index is 11.7. The first kappa shape index (κ1) is 93.8. The smallest absolute Gasteiger partial charge is 0.225 e. The number of fused-ring (bicyclic) bond motifs is 6. The fourth-order valence-electron chi connectivity index (χ4n) is 12.3. The molecule has 0 saturated carbocycles. The standard InChI is InChI=1S/C25H16NO.C23H20NO.C21H16NO.C13H24O2.C11H20O2.C5H8O2.3Ir/c1-3-9-18(10-4-1)24-23-16-20-12-8-7-11-19(20)15-21(23)17-26-25(24)27-22-13-5-2-6-14-22;1-23(2,3)22-19-12-8-7-9-16(19)13-17-15-24-21(14-20(17)22)25-18-10-5-4-6-11-18;1-14-7-15(2)9-20(8-14)23-21-12-18-10-16-5-3-4-6-17(16)11-19(18)13-22-21;1-5-10(6-2)12(14)9-13(15)11(7-3)8-4;1-10(2,3)8(12)7-9(13)11(4,5)6;1-4(6)3-5(2)7;;;/h1-13,15-17H;4-10,12-15H,1-3H3;3-8,10-13H,1-2H3;9-11,14H,5-8H2,1-4H3;7,12H,1-6H3;3,6H,1-2H3;;;/q3*-1;;;;;;. The molecule has 0 fully saturated rings. The molecule has 13 rings (SSSR count). The van der Waals surface area contributed by atoms with Gasteiger partial charge in [0, 0.05) is 165 Å². The van der Waals surface area contributed by atoms with E-state index in [1.54, 1.807) is 0 Å². The first-order valence-corrected chi connectivity index (χ1v) is 37.6. The molecule has 0 bridgehead atoms. The number of aryl methyl sites for hydroxylation is 2. The van der Waals surface area contributed by atoms with E-state index in [9.17, 15) is 24.6 Å². The molecule has 3 N–H and O–H groups in total. The number of hydrogen-bond acceptors (Lipinski definition) is 12. The Bertz CT molecular complexity index is 5360. The molecule has 12 nitrogen and oxygen atoms in total. The van der Waals surface area contributed by atoms with E-state index in [2.05, 4.69) is 175 Å². The summed E-state index contributed by atoms with van der Waals surface area (Å²) < 4.78 is 17.9. The first-order valence-electron chi connectivity index (χ1n) is 37.6. The first-order chi connectivity index (χ1) is 52.3. The van der Waals surface area contributed by atoms with Crippen molar-refractivity contribution in [2.24, 2.45) is 22.7 Å². The van der Waals surface area contributed by atoms with Gasteiger partial charge in [0.1, 0.15) is 5.76 Å². The Hall–Kier alpha value is -9.81. The number of ketones is 3. The number of aliphatic hydroxyl groups excluding tert-OH is 3. The number of para-hydroxylation sites is 2. The summed E-state index contributed by atoms with van der Waals surface area (Å²) in [6, 6.07) is 79.1. The van der Waals surface area contributed by atoms with Crippen LogP contribution in [0.1, 0.15) is 146 Å². The molecule has 13 aromatic rings. The van der Waals surface area contributed by atoms with Gasteiger partial charge in [0.05, 0.1) is 17.1 Å². The van der Waals surface area contributed by atoms with Crippen molar-refractivity contribution in [3.63, 3.8) is 0 Å². The Morgan fingerprint density at radius 3 is 1.42 bits per heavy atom. The molecular formula is C98H104Ir3N3O9-3. The molecule has 3 aromatic heterocycles. The molecule has 15 heteroatoms. The predicted octanol–water partition coefficient (Wildman–Crippen LogP) is 26.5. The molecule has 10 aromatic carbocycles. The Kier molecular flexibility index (Phi) is 36.5. The van der Waals surface area contributed by atoms with E-state index in [1.807, 2.05) is 187 Å². The molecule has 0 aliphatic carbocycles. The second kappa shape index (κ2) is 44.0. The summed E-state index contributed by atoms with van der Waals surface area (Å²) in [6.07, 6.45) is 13.0. The summed E-state index contributed by atoms with van der Waals surface area (Å²) >= 11 is 0. The van der Waals surface area contributed by atoms with Crippen LogP contribution in [0.15, 0.2) is 260 Å². The van der Waals surface area contributed by atoms with Crippen LogP contribution in [0.25, 0.3) is 75.8 Å². The maximum Gasteiger partial charge on any atom is 0.225 e. The third-order valence-corrected chi connectivity index (χ3v) is 18.2. The van der Waals surface area contributed by atoms with Gasteiger partial charge in [-0.2, -0.15) is 53.6 Å². The molecule has 3 radical (unpaired) electrons. The Morgan fingerprint density at radius 2 is 0.912 bits per heavy atom. The fraction of sp³-hybridized carbons (Fsp3) is 0.265. The summed E-state index contributed by atoms with van der Waals surface area (Å²) in [5.74, 6) is 4.40. The van der Waals surface area contributed by atoms with Crippen LogP contribution in [0.4, 0.5) is 0 Å².